The van der Waals surface area contributed by atoms with Gasteiger partial charge in [0.1, 0.15) is 29.5 Å². The smallest absolute Gasteiger partial charge is 0.153 e. The van der Waals surface area contributed by atoms with Crippen LogP contribution in [-0.2, 0) is 24.2 Å². The third-order valence-electron chi connectivity index (χ3n) is 14.1. The number of nitrogens with one attached hydrogen (secondary N) is 1. The number of nitrogens with zero attached hydrogens (tertiary/aromatic N) is 2. The molecule has 0 amide bonds. The zero-order valence-electron chi connectivity index (χ0n) is 36.7. The van der Waals surface area contributed by atoms with E-state index in [1.54, 1.807) is 18.2 Å². The number of Topliss-reactive ketones (excluding diaryl/α,β-unsaturated/α-hetero) is 1. The number of rotatable bonds is 17. The minimum absolute atomic E-state index is 0.187. The molecule has 0 aromatic heterocycles. The van der Waals surface area contributed by atoms with Gasteiger partial charge in [-0.1, -0.05) is 86.9 Å². The van der Waals surface area contributed by atoms with Crippen LogP contribution in [-0.4, -0.2) is 31.2 Å². The highest BCUT2D eigenvalue weighted by molar-refractivity contribution is 6.32. The Labute approximate surface area is 378 Å². The van der Waals surface area contributed by atoms with Gasteiger partial charge in [-0.15, -0.1) is 0 Å². The van der Waals surface area contributed by atoms with E-state index >= 15 is 0 Å². The van der Waals surface area contributed by atoms with E-state index in [1.165, 1.54) is 30.4 Å². The molecular formula is C54H61ClFN3O4. The molecule has 0 spiro atoms. The molecule has 3 fully saturated rings. The van der Waals surface area contributed by atoms with Crippen molar-refractivity contribution in [2.24, 2.45) is 17.8 Å². The Morgan fingerprint density at radius 2 is 1.59 bits per heavy atom. The summed E-state index contributed by atoms with van der Waals surface area (Å²) in [6, 6.07) is 25.8. The van der Waals surface area contributed by atoms with Gasteiger partial charge in [0, 0.05) is 30.5 Å². The minimum Gasteiger partial charge on any atom is -0.493 e. The van der Waals surface area contributed by atoms with E-state index in [-0.39, 0.29) is 18.1 Å². The van der Waals surface area contributed by atoms with Crippen LogP contribution in [0, 0.1) is 47.3 Å². The lowest BCUT2D eigenvalue weighted by atomic mass is 9.93. The summed E-state index contributed by atoms with van der Waals surface area (Å²) in [7, 11) is 0. The van der Waals surface area contributed by atoms with Crippen LogP contribution in [0.15, 0.2) is 66.7 Å². The van der Waals surface area contributed by atoms with Crippen LogP contribution >= 0.6 is 11.6 Å². The molecule has 4 aromatic rings. The quantitative estimate of drug-likeness (QED) is 0.0832. The maximum atomic E-state index is 13.8. The number of carbonyl (C=O) groups is 1. The lowest BCUT2D eigenvalue weighted by molar-refractivity contribution is -0.123. The number of ketones is 1. The fourth-order valence-corrected chi connectivity index (χ4v) is 10.6. The number of hydrogen-bond acceptors (Lipinski definition) is 7. The second-order valence-electron chi connectivity index (χ2n) is 18.5. The van der Waals surface area contributed by atoms with Crippen LogP contribution in [0.2, 0.25) is 5.02 Å². The molecule has 0 bridgehead atoms. The van der Waals surface area contributed by atoms with E-state index in [9.17, 15) is 19.7 Å². The fraction of sp³-hybridized carbons (Fsp3) is 0.500. The van der Waals surface area contributed by atoms with Gasteiger partial charge in [-0.2, -0.15) is 10.5 Å². The van der Waals surface area contributed by atoms with Gasteiger partial charge >= 0.3 is 0 Å². The van der Waals surface area contributed by atoms with Gasteiger partial charge in [0.25, 0.3) is 0 Å². The molecule has 63 heavy (non-hydrogen) atoms. The minimum atomic E-state index is -0.596. The summed E-state index contributed by atoms with van der Waals surface area (Å²) in [4.78, 5) is 13.4. The molecule has 6 atom stereocenters. The van der Waals surface area contributed by atoms with Gasteiger partial charge < -0.3 is 19.5 Å². The third-order valence-corrected chi connectivity index (χ3v) is 14.4. The average molecular weight is 871 g/mol. The highest BCUT2D eigenvalue weighted by Gasteiger charge is 2.45. The first kappa shape index (κ1) is 44.7. The van der Waals surface area contributed by atoms with Crippen molar-refractivity contribution in [3.05, 3.63) is 111 Å². The first-order valence-electron chi connectivity index (χ1n) is 23.6. The molecule has 9 heteroatoms. The summed E-state index contributed by atoms with van der Waals surface area (Å²) in [5, 5.41) is 23.1. The molecule has 3 saturated carbocycles. The topological polar surface area (TPSA) is 104 Å². The third kappa shape index (κ3) is 11.3. The number of halogens is 2. The van der Waals surface area contributed by atoms with E-state index in [0.29, 0.717) is 71.4 Å². The number of ether oxygens (including phenoxy) is 3. The van der Waals surface area contributed by atoms with Gasteiger partial charge in [-0.05, 0) is 140 Å². The van der Waals surface area contributed by atoms with Crippen molar-refractivity contribution in [1.82, 2.24) is 5.32 Å². The predicted molar refractivity (Wildman–Crippen MR) is 246 cm³/mol. The van der Waals surface area contributed by atoms with Crippen molar-refractivity contribution in [3.63, 3.8) is 0 Å². The van der Waals surface area contributed by atoms with E-state index in [2.05, 4.69) is 60.8 Å². The maximum Gasteiger partial charge on any atom is 0.153 e. The Hall–Kier alpha value is -4.89. The summed E-state index contributed by atoms with van der Waals surface area (Å²) in [5.74, 6) is 3.82. The standard InChI is InChI=1S/C54H61ClFN3O4/c1-35-43(14-9-18-50(35)61-24-6-2-3-10-36-11-7-13-42(56)20-19-36)44-15-8-16-46-45(44)21-22-51(46)63-53-31-52(62-25-23-37-26-38(32-57)28-39(27-37)33-58)41(30-48(53)55)34-59-49-17-5-4-12-40-29-47(40)54(49)60/h8-9,14-16,18,26-28,30-31,36,40,42,47,49,51,59H,2-7,10-13,17,19-25,29,34H2,1H3/t36?,40?,42?,47?,49-,51-/m0/s1. The number of nitriles is 2. The van der Waals surface area contributed by atoms with E-state index in [0.717, 1.165) is 117 Å². The Morgan fingerprint density at radius 1 is 0.794 bits per heavy atom. The zero-order valence-corrected chi connectivity index (χ0v) is 37.5. The van der Waals surface area contributed by atoms with Gasteiger partial charge in [0.15, 0.2) is 5.78 Å². The molecule has 0 aliphatic heterocycles. The molecule has 8 rings (SSSR count). The fourth-order valence-electron chi connectivity index (χ4n) is 10.4. The molecule has 7 nitrogen and oxygen atoms in total. The number of unbranched alkanes of at least 4 members (excludes halogenated alkanes) is 2. The normalized spacial score (nSPS) is 23.0. The van der Waals surface area contributed by atoms with Crippen LogP contribution in [0.1, 0.15) is 141 Å². The summed E-state index contributed by atoms with van der Waals surface area (Å²) in [5.41, 5.74) is 8.47. The summed E-state index contributed by atoms with van der Waals surface area (Å²) in [6.45, 7) is 3.56. The Balaban J connectivity index is 0.945. The SMILES string of the molecule is Cc1c(OCCCCCC2CCCC(F)CC2)cccc1-c1cccc2c1CC[C@@H]2Oc1cc(OCCc2cc(C#N)cc(C#N)c2)c(CN[C@H]2CCCCC3CC3C2=O)cc1Cl. The largest absolute Gasteiger partial charge is 0.493 e. The number of hydrogen-bond donors (Lipinski definition) is 1. The van der Waals surface area contributed by atoms with Crippen molar-refractivity contribution in [1.29, 1.82) is 10.5 Å². The van der Waals surface area contributed by atoms with Gasteiger partial charge in [0.05, 0.1) is 47.5 Å². The van der Waals surface area contributed by atoms with Crippen LogP contribution < -0.4 is 19.5 Å². The van der Waals surface area contributed by atoms with E-state index in [1.807, 2.05) is 12.1 Å². The van der Waals surface area contributed by atoms with Crippen molar-refractivity contribution in [2.45, 2.75) is 141 Å². The van der Waals surface area contributed by atoms with Gasteiger partial charge in [-0.3, -0.25) is 4.79 Å². The van der Waals surface area contributed by atoms with E-state index in [4.69, 9.17) is 25.8 Å². The van der Waals surface area contributed by atoms with Crippen LogP contribution in [0.5, 0.6) is 17.2 Å². The highest BCUT2D eigenvalue weighted by atomic mass is 35.5. The number of alkyl halides is 1. The number of benzene rings is 4. The first-order chi connectivity index (χ1) is 30.8. The molecule has 0 heterocycles. The second kappa shape index (κ2) is 21.2. The molecule has 4 aliphatic carbocycles. The van der Waals surface area contributed by atoms with Gasteiger partial charge in [-0.25, -0.2) is 4.39 Å². The van der Waals surface area contributed by atoms with Crippen molar-refractivity contribution < 1.29 is 23.4 Å². The van der Waals surface area contributed by atoms with Crippen LogP contribution in [0.4, 0.5) is 4.39 Å². The van der Waals surface area contributed by atoms with Crippen LogP contribution in [0.25, 0.3) is 11.1 Å². The lowest BCUT2D eigenvalue weighted by Crippen LogP contribution is -2.38. The Morgan fingerprint density at radius 3 is 2.43 bits per heavy atom. The predicted octanol–water partition coefficient (Wildman–Crippen LogP) is 12.8. The van der Waals surface area contributed by atoms with Crippen molar-refractivity contribution in [3.8, 4) is 40.5 Å². The molecule has 330 valence electrons. The molecule has 0 radical (unpaired) electrons. The maximum absolute atomic E-state index is 13.8. The number of fused-ring (bicyclic) bond motifs is 2. The summed E-state index contributed by atoms with van der Waals surface area (Å²) in [6.07, 6.45) is 15.8. The second-order valence-corrected chi connectivity index (χ2v) is 18.9. The Bertz CT molecular complexity index is 2300. The molecule has 4 unspecified atom stereocenters. The monoisotopic (exact) mass is 869 g/mol. The first-order valence-corrected chi connectivity index (χ1v) is 24.0. The molecular weight excluding hydrogens is 809 g/mol. The zero-order chi connectivity index (χ0) is 43.7. The number of carbonyl (C=O) groups excluding carboxylic acids is 1. The Kier molecular flexibility index (Phi) is 15.0. The highest BCUT2D eigenvalue weighted by Crippen LogP contribution is 2.46. The molecule has 1 N–H and O–H groups in total. The van der Waals surface area contributed by atoms with Crippen molar-refractivity contribution >= 4 is 17.4 Å². The molecule has 4 aliphatic rings. The van der Waals surface area contributed by atoms with E-state index < -0.39 is 6.17 Å². The molecule has 4 aromatic carbocycles. The average Bonchev–Trinajstić information content (AvgIpc) is 4.00. The van der Waals surface area contributed by atoms with Gasteiger partial charge in [0.2, 0.25) is 0 Å². The summed E-state index contributed by atoms with van der Waals surface area (Å²) >= 11 is 7.05. The van der Waals surface area contributed by atoms with Crippen LogP contribution in [0.3, 0.4) is 0 Å². The summed E-state index contributed by atoms with van der Waals surface area (Å²) < 4.78 is 33.4. The molecule has 0 saturated heterocycles. The lowest BCUT2D eigenvalue weighted by Gasteiger charge is -2.22. The van der Waals surface area contributed by atoms with Crippen molar-refractivity contribution in [2.75, 3.05) is 13.2 Å².